The lowest BCUT2D eigenvalue weighted by molar-refractivity contribution is -0.0893. The average molecular weight is 940 g/mol. The maximum absolute atomic E-state index is 11.6. The molecule has 0 unspecified atom stereocenters. The lowest BCUT2D eigenvalue weighted by Crippen LogP contribution is -2.49. The van der Waals surface area contributed by atoms with Gasteiger partial charge in [-0.25, -0.2) is 19.7 Å². The Balaban J connectivity index is -0.0000000189. The summed E-state index contributed by atoms with van der Waals surface area (Å²) in [5.74, 6) is 3.10. The lowest BCUT2D eigenvalue weighted by Gasteiger charge is -2.37. The fourth-order valence-electron chi connectivity index (χ4n) is 5.66. The van der Waals surface area contributed by atoms with Crippen LogP contribution in [0.25, 0.3) is 9.69 Å². The smallest absolute Gasteiger partial charge is 0.331 e. The van der Waals surface area contributed by atoms with E-state index in [9.17, 15) is 15.0 Å². The standard InChI is InChI=1S/C23H27BN3O4.C17H16BN3O2.H2O.49H2/c1-22(2,29)23(3,4)31-24-18-9-8-17(14-16(18)15-28)30-20-11-10-19(25-5)21(26-20)27-12-6-7-13-27;1-19-15-6-7-16(20-17(15)21-8-2-3-9-21)23-13-4-5-14(18)12(10-13)11-22;;;;;;;;;;;;;;;;;;;;;;;;;;;;;;;;;;;;;;;;;;;;;;;;;;/h8-11,14-15,29H,6-7,12-13H2,1-4H3;4-7,10,22H,2-3,8-9,11H2;1H2;49*1H/i;;;48*1+1D;1+1. The molecule has 2 saturated heterocycles. The van der Waals surface area contributed by atoms with Crippen molar-refractivity contribution in [3.63, 3.8) is 0 Å². The quantitative estimate of drug-likeness (QED) is 0.0796. The Morgan fingerprint density at radius 2 is 1.35 bits per heavy atom. The summed E-state index contributed by atoms with van der Waals surface area (Å²) in [5.41, 5.74) is 1.23. The van der Waals surface area contributed by atoms with Crippen LogP contribution in [0.2, 0.25) is 0 Å². The Morgan fingerprint density at radius 3 is 1.80 bits per heavy atom. The van der Waals surface area contributed by atoms with E-state index in [0.29, 0.717) is 68.3 Å². The summed E-state index contributed by atoms with van der Waals surface area (Å²) >= 11 is 0. The molecule has 381 valence electrons. The molecule has 2 aliphatic rings. The van der Waals surface area contributed by atoms with Crippen molar-refractivity contribution in [2.75, 3.05) is 36.0 Å². The van der Waals surface area contributed by atoms with Gasteiger partial charge in [0.2, 0.25) is 23.1 Å². The lowest BCUT2D eigenvalue weighted by atomic mass is 9.80. The predicted molar refractivity (Wildman–Crippen MR) is 318 cm³/mol. The second-order valence-corrected chi connectivity index (χ2v) is 14.0. The summed E-state index contributed by atoms with van der Waals surface area (Å²) in [7, 11) is 7.24. The van der Waals surface area contributed by atoms with Crippen LogP contribution >= 0.6 is 0 Å². The van der Waals surface area contributed by atoms with Gasteiger partial charge in [-0.05, 0) is 113 Å². The Hall–Kier alpha value is -5.44. The molecule has 2 aromatic carbocycles. The monoisotopic (exact) mass is 940 g/mol. The van der Waals surface area contributed by atoms with Crippen molar-refractivity contribution in [3.8, 4) is 23.3 Å². The Bertz CT molecular complexity index is 2180. The summed E-state index contributed by atoms with van der Waals surface area (Å²) in [5, 5.41) is 19.5. The van der Waals surface area contributed by atoms with E-state index in [1.807, 2.05) is 0 Å². The molecule has 2 aromatic heterocycles. The Kier molecular flexibility index (Phi) is 3.94. The predicted octanol–water partition coefficient (Wildman–Crippen LogP) is 17.2. The maximum atomic E-state index is 11.6. The number of aliphatic hydroxyl groups excluding tert-OH is 1. The van der Waals surface area contributed by atoms with E-state index in [4.69, 9.17) is 178 Å². The van der Waals surface area contributed by atoms with Crippen LogP contribution in [0.1, 0.15) is 213 Å². The molecular weight excluding hydrogens is 698 g/mol. The van der Waals surface area contributed by atoms with Gasteiger partial charge < -0.3 is 39.6 Å². The van der Waals surface area contributed by atoms with Gasteiger partial charge in [0.05, 0.1) is 31.0 Å². The number of pyridine rings is 2. The highest BCUT2D eigenvalue weighted by molar-refractivity contribution is 6.49. The highest BCUT2D eigenvalue weighted by Gasteiger charge is 2.36. The number of carbonyl (C=O) groups excluding carboxylic acids is 1. The normalized spacial score (nSPS) is 20.8. The number of aldehydes is 1. The number of ether oxygens (including phenoxy) is 2. The van der Waals surface area contributed by atoms with Crippen LogP contribution in [0.15, 0.2) is 60.7 Å². The van der Waals surface area contributed by atoms with Crippen LogP contribution in [0.4, 0.5) is 23.0 Å². The molecule has 15 heteroatoms. The molecule has 0 atom stereocenters. The van der Waals surface area contributed by atoms with Crippen molar-refractivity contribution < 1.29 is 179 Å². The number of nitrogens with zero attached hydrogens (tertiary/aromatic N) is 6. The van der Waals surface area contributed by atoms with E-state index in [1.54, 1.807) is 88.4 Å². The number of aliphatic hydroxyl groups is 2. The third-order valence-electron chi connectivity index (χ3n) is 9.58. The third kappa shape index (κ3) is 10.6. The summed E-state index contributed by atoms with van der Waals surface area (Å²) in [6.45, 7) is 25.0. The second kappa shape index (κ2) is 18.7. The van der Waals surface area contributed by atoms with Crippen molar-refractivity contribution in [1.82, 2.24) is 9.97 Å². The first kappa shape index (κ1) is 11.6. The number of hydrogen-bond donors (Lipinski definition) is 2. The van der Waals surface area contributed by atoms with Crippen LogP contribution in [-0.4, -0.2) is 84.7 Å². The first-order valence-electron chi connectivity index (χ1n) is 65.8. The Labute approximate surface area is 474 Å². The third-order valence-corrected chi connectivity index (χ3v) is 9.58. The zero-order valence-corrected chi connectivity index (χ0v) is 31.6. The molecule has 0 amide bonds. The van der Waals surface area contributed by atoms with E-state index in [0.717, 1.165) is 58.1 Å². The second-order valence-electron chi connectivity index (χ2n) is 14.0. The molecule has 2 aliphatic heterocycles. The van der Waals surface area contributed by atoms with Crippen molar-refractivity contribution >= 4 is 55.6 Å². The van der Waals surface area contributed by atoms with Gasteiger partial charge in [-0.3, -0.25) is 4.79 Å². The number of rotatable bonds is 12. The van der Waals surface area contributed by atoms with E-state index >= 15 is 0 Å². The summed E-state index contributed by atoms with van der Waals surface area (Å²) < 4.78 is 497. The molecule has 13 nitrogen and oxygen atoms in total. The molecular formula is C40H143B2N6O7. The van der Waals surface area contributed by atoms with Crippen LogP contribution in [0.3, 0.4) is 0 Å². The zero-order chi connectivity index (χ0) is 135. The highest BCUT2D eigenvalue weighted by Crippen LogP contribution is 2.34. The van der Waals surface area contributed by atoms with Crippen LogP contribution in [-0.2, 0) is 11.3 Å². The highest BCUT2D eigenvalue weighted by atomic mass is 16.5. The van der Waals surface area contributed by atoms with Crippen LogP contribution in [0, 0.1) is 13.1 Å². The van der Waals surface area contributed by atoms with Gasteiger partial charge in [0.15, 0.2) is 0 Å². The average Bonchev–Trinajstić information content (AvgIpc) is 1.48. The number of aromatic nitrogens is 2. The van der Waals surface area contributed by atoms with Gasteiger partial charge in [-0.15, -0.1) is 0 Å². The molecule has 3 radical (unpaired) electrons. The summed E-state index contributed by atoms with van der Waals surface area (Å²) in [6, 6.07) is 16.9. The van der Waals surface area contributed by atoms with Gasteiger partial charge >= 0.3 is 7.48 Å². The van der Waals surface area contributed by atoms with Crippen LogP contribution < -0.4 is 30.2 Å². The fraction of sp³-hybridized carbons (Fsp3) is 0.375. The molecule has 4 N–H and O–H groups in total. The van der Waals surface area contributed by atoms with Gasteiger partial charge in [-0.2, -0.15) is 0 Å². The first-order valence-corrected chi connectivity index (χ1v) is 17.8. The molecule has 4 aromatic rings. The minimum atomic E-state index is -1.07. The van der Waals surface area contributed by atoms with Crippen molar-refractivity contribution in [2.45, 2.75) is 71.2 Å². The number of anilines is 2. The van der Waals surface area contributed by atoms with Crippen molar-refractivity contribution in [2.24, 2.45) is 0 Å². The van der Waals surface area contributed by atoms with Gasteiger partial charge in [0.25, 0.3) is 0 Å². The molecule has 2 fully saturated rings. The largest absolute Gasteiger partial charge is 0.439 e. The zero-order valence-electron chi connectivity index (χ0n) is 128. The first-order chi connectivity index (χ1) is 73.8. The number of carbonyl (C=O) groups is 1. The molecule has 0 spiro atoms. The molecule has 0 aliphatic carbocycles. The molecule has 55 heavy (non-hydrogen) atoms. The van der Waals surface area contributed by atoms with E-state index in [1.165, 1.54) is 7.48 Å². The van der Waals surface area contributed by atoms with E-state index in [2.05, 4.69) is 29.5 Å². The molecule has 0 bridgehead atoms. The minimum absolute atomic E-state index is 0. The van der Waals surface area contributed by atoms with Crippen molar-refractivity contribution in [3.05, 3.63) is 94.6 Å². The number of hydrogen-bond acceptors (Lipinski definition) is 10. The number of benzene rings is 2. The van der Waals surface area contributed by atoms with Crippen molar-refractivity contribution in [1.29, 1.82) is 0 Å². The molecule has 0 saturated carbocycles. The molecule has 6 rings (SSSR count). The van der Waals surface area contributed by atoms with E-state index < -0.39 is 11.2 Å². The van der Waals surface area contributed by atoms with E-state index in [-0.39, 0.29) is 13.5 Å². The van der Waals surface area contributed by atoms with Gasteiger partial charge in [0.1, 0.15) is 37.3 Å². The Morgan fingerprint density at radius 1 is 0.855 bits per heavy atom. The van der Waals surface area contributed by atoms with Gasteiger partial charge in [0, 0.05) is 176 Å². The summed E-state index contributed by atoms with van der Waals surface area (Å²) in [6.07, 6.45) is 5.11. The fourth-order valence-corrected chi connectivity index (χ4v) is 5.66. The van der Waals surface area contributed by atoms with Crippen LogP contribution in [0.5, 0.6) is 23.3 Å². The topological polar surface area (TPSA) is 158 Å². The summed E-state index contributed by atoms with van der Waals surface area (Å²) in [4.78, 5) is 32.0. The molecule has 4 heterocycles. The SMILES string of the molecule is O.[2HH].[2H][2H].[2H][2H].[2H][2H].[2H][2H].[2H][2H].[2H][2H].[2H][2H].[2H][2H].[2H][2H].[2H][2H].[2H][2H].[2H][2H].[2H][2H].[2H][2H].[2H][2H].[2H][2H].[2H][2H].[2H][2H].[2H][2H].[2H][2H].[2H][2H].[2H][2H].[2H][2H].[2H][2H].[2H][2H].[2H][2H].[2H][2H].[2H][2H].[2H][2H].[2H][2H].[2H][2H].[2H][2H].[2H][2H].[2H][2H].[2H][2H].[2H][2H].[2H][2H].[2H][2H].[2H][2H].[2H][2H].[2H][2H].[2H][2H].[2H][2H].[2H][2H].[2H][2H].[2H][2H].[2H][2H].[2H][2H].[B]c1ccc(Oc2ccc([N+]#[C-])c(N3CCCC3)n2)cc1CO.[C-]#[N+]c1ccc(Oc2ccc([B]OC(C)(C)C(C)(C)O)c(C=O)c2)nc1N1CCCC1. The minimum Gasteiger partial charge on any atom is -0.439 e. The maximum Gasteiger partial charge on any atom is 0.331 e. The van der Waals surface area contributed by atoms with Gasteiger partial charge in [-0.1, -0.05) is 17.6 Å².